The summed E-state index contributed by atoms with van der Waals surface area (Å²) in [5.74, 6) is 0.137. The standard InChI is InChI=1S/C19H16BrNO/c1-19(2)14-7-5-4-6-12(14)17(22)16-13-9-8-11(20)10-15(13)21(3)18(16)19/h4-10H,1-3H3. The Balaban J connectivity index is 2.19. The molecule has 3 heteroatoms. The van der Waals surface area contributed by atoms with Gasteiger partial charge >= 0.3 is 0 Å². The maximum atomic E-state index is 13.1. The minimum atomic E-state index is -0.194. The molecule has 2 aromatic carbocycles. The topological polar surface area (TPSA) is 22.0 Å². The van der Waals surface area contributed by atoms with Crippen molar-refractivity contribution >= 4 is 32.6 Å². The van der Waals surface area contributed by atoms with E-state index in [0.29, 0.717) is 0 Å². The number of hydrogen-bond donors (Lipinski definition) is 0. The van der Waals surface area contributed by atoms with Crippen LogP contribution in [0.15, 0.2) is 46.9 Å². The third-order valence-electron chi connectivity index (χ3n) is 4.83. The van der Waals surface area contributed by atoms with Gasteiger partial charge < -0.3 is 4.57 Å². The van der Waals surface area contributed by atoms with E-state index in [1.807, 2.05) is 30.3 Å². The first-order chi connectivity index (χ1) is 10.4. The zero-order chi connectivity index (χ0) is 15.6. The van der Waals surface area contributed by atoms with E-state index in [0.717, 1.165) is 37.8 Å². The summed E-state index contributed by atoms with van der Waals surface area (Å²) in [6.45, 7) is 4.40. The van der Waals surface area contributed by atoms with Crippen molar-refractivity contribution in [2.75, 3.05) is 0 Å². The molecule has 0 spiro atoms. The van der Waals surface area contributed by atoms with Crippen LogP contribution in [0.3, 0.4) is 0 Å². The van der Waals surface area contributed by atoms with Crippen LogP contribution in [0.2, 0.25) is 0 Å². The van der Waals surface area contributed by atoms with E-state index in [1.165, 1.54) is 0 Å². The van der Waals surface area contributed by atoms with E-state index in [2.05, 4.69) is 53.5 Å². The summed E-state index contributed by atoms with van der Waals surface area (Å²) in [5.41, 5.74) is 4.79. The summed E-state index contributed by atoms with van der Waals surface area (Å²) < 4.78 is 3.20. The Morgan fingerprint density at radius 3 is 2.59 bits per heavy atom. The first kappa shape index (κ1) is 13.8. The molecule has 0 amide bonds. The van der Waals surface area contributed by atoms with Gasteiger partial charge in [0.1, 0.15) is 0 Å². The van der Waals surface area contributed by atoms with Crippen molar-refractivity contribution < 1.29 is 4.79 Å². The molecule has 3 aromatic rings. The molecule has 0 aliphatic heterocycles. The Hall–Kier alpha value is -1.87. The number of ketones is 1. The van der Waals surface area contributed by atoms with Gasteiger partial charge in [0.2, 0.25) is 0 Å². The van der Waals surface area contributed by atoms with Crippen molar-refractivity contribution in [3.05, 3.63) is 69.3 Å². The first-order valence-corrected chi connectivity index (χ1v) is 8.15. The van der Waals surface area contributed by atoms with E-state index >= 15 is 0 Å². The van der Waals surface area contributed by atoms with Gasteiger partial charge in [0, 0.05) is 39.1 Å². The average molecular weight is 354 g/mol. The van der Waals surface area contributed by atoms with E-state index in [4.69, 9.17) is 0 Å². The fraction of sp³-hybridized carbons (Fsp3) is 0.211. The first-order valence-electron chi connectivity index (χ1n) is 7.35. The minimum Gasteiger partial charge on any atom is -0.346 e. The lowest BCUT2D eigenvalue weighted by atomic mass is 9.71. The van der Waals surface area contributed by atoms with Gasteiger partial charge in [-0.05, 0) is 17.7 Å². The average Bonchev–Trinajstić information content (AvgIpc) is 2.79. The molecular weight excluding hydrogens is 338 g/mol. The van der Waals surface area contributed by atoms with Gasteiger partial charge in [-0.15, -0.1) is 0 Å². The number of carbonyl (C=O) groups excluding carboxylic acids is 1. The van der Waals surface area contributed by atoms with E-state index < -0.39 is 0 Å². The number of aryl methyl sites for hydroxylation is 1. The molecule has 22 heavy (non-hydrogen) atoms. The van der Waals surface area contributed by atoms with Gasteiger partial charge in [-0.1, -0.05) is 60.1 Å². The lowest BCUT2D eigenvalue weighted by Gasteiger charge is -2.33. The van der Waals surface area contributed by atoms with Crippen LogP contribution in [0.1, 0.15) is 41.0 Å². The maximum absolute atomic E-state index is 13.1. The van der Waals surface area contributed by atoms with Crippen molar-refractivity contribution in [1.82, 2.24) is 4.57 Å². The Bertz CT molecular complexity index is 949. The van der Waals surface area contributed by atoms with Crippen LogP contribution in [0, 0.1) is 0 Å². The van der Waals surface area contributed by atoms with Crippen molar-refractivity contribution in [2.24, 2.45) is 7.05 Å². The van der Waals surface area contributed by atoms with Crippen LogP contribution in [0.25, 0.3) is 10.9 Å². The molecular formula is C19H16BrNO. The van der Waals surface area contributed by atoms with E-state index in [1.54, 1.807) is 0 Å². The molecule has 110 valence electrons. The van der Waals surface area contributed by atoms with Gasteiger partial charge in [0.25, 0.3) is 0 Å². The number of hydrogen-bond acceptors (Lipinski definition) is 1. The van der Waals surface area contributed by atoms with Crippen molar-refractivity contribution in [2.45, 2.75) is 19.3 Å². The number of nitrogens with zero attached hydrogens (tertiary/aromatic N) is 1. The molecule has 0 unspecified atom stereocenters. The molecule has 2 nitrogen and oxygen atoms in total. The number of fused-ring (bicyclic) bond motifs is 4. The number of halogens is 1. The van der Waals surface area contributed by atoms with Crippen LogP contribution in [0.5, 0.6) is 0 Å². The second kappa shape index (κ2) is 4.32. The SMILES string of the molecule is Cn1c2c(c3ccc(Br)cc31)C(=O)c1ccccc1C2(C)C. The van der Waals surface area contributed by atoms with Gasteiger partial charge in [0.15, 0.2) is 5.78 Å². The summed E-state index contributed by atoms with van der Waals surface area (Å²) in [5, 5.41) is 1.04. The maximum Gasteiger partial charge on any atom is 0.195 e. The smallest absolute Gasteiger partial charge is 0.195 e. The van der Waals surface area contributed by atoms with Crippen molar-refractivity contribution in [1.29, 1.82) is 0 Å². The Kier molecular flexibility index (Phi) is 2.71. The van der Waals surface area contributed by atoms with Gasteiger partial charge in [-0.25, -0.2) is 0 Å². The van der Waals surface area contributed by atoms with E-state index in [-0.39, 0.29) is 11.2 Å². The summed E-state index contributed by atoms with van der Waals surface area (Å²) >= 11 is 3.53. The largest absolute Gasteiger partial charge is 0.346 e. The van der Waals surface area contributed by atoms with Crippen molar-refractivity contribution in [3.8, 4) is 0 Å². The Labute approximate surface area is 137 Å². The number of benzene rings is 2. The molecule has 0 saturated heterocycles. The normalized spacial score (nSPS) is 15.7. The number of carbonyl (C=O) groups is 1. The fourth-order valence-electron chi connectivity index (χ4n) is 3.86. The molecule has 1 aliphatic carbocycles. The lowest BCUT2D eigenvalue weighted by molar-refractivity contribution is 0.103. The lowest BCUT2D eigenvalue weighted by Crippen LogP contribution is -2.31. The molecule has 0 bridgehead atoms. The zero-order valence-electron chi connectivity index (χ0n) is 12.8. The van der Waals surface area contributed by atoms with Gasteiger partial charge in [-0.3, -0.25) is 4.79 Å². The third kappa shape index (κ3) is 1.57. The highest BCUT2D eigenvalue weighted by Gasteiger charge is 2.40. The number of aromatic nitrogens is 1. The third-order valence-corrected chi connectivity index (χ3v) is 5.32. The van der Waals surface area contributed by atoms with Gasteiger partial charge in [0.05, 0.1) is 5.56 Å². The van der Waals surface area contributed by atoms with Crippen LogP contribution >= 0.6 is 15.9 Å². The van der Waals surface area contributed by atoms with E-state index in [9.17, 15) is 4.79 Å². The summed E-state index contributed by atoms with van der Waals surface area (Å²) in [6, 6.07) is 14.1. The Morgan fingerprint density at radius 2 is 1.82 bits per heavy atom. The predicted octanol–water partition coefficient (Wildman–Crippen LogP) is 4.81. The molecule has 0 fully saturated rings. The summed E-state index contributed by atoms with van der Waals surface area (Å²) in [6.07, 6.45) is 0. The van der Waals surface area contributed by atoms with Crippen LogP contribution < -0.4 is 0 Å². The molecule has 0 atom stereocenters. The highest BCUT2D eigenvalue weighted by Crippen LogP contribution is 2.45. The molecule has 1 aliphatic rings. The molecule has 0 saturated carbocycles. The molecule has 0 radical (unpaired) electrons. The summed E-state index contributed by atoms with van der Waals surface area (Å²) in [4.78, 5) is 13.1. The Morgan fingerprint density at radius 1 is 1.09 bits per heavy atom. The monoisotopic (exact) mass is 353 g/mol. The van der Waals surface area contributed by atoms with Crippen molar-refractivity contribution in [3.63, 3.8) is 0 Å². The highest BCUT2D eigenvalue weighted by molar-refractivity contribution is 9.10. The number of rotatable bonds is 0. The second-order valence-electron chi connectivity index (χ2n) is 6.44. The van der Waals surface area contributed by atoms with Gasteiger partial charge in [-0.2, -0.15) is 0 Å². The highest BCUT2D eigenvalue weighted by atomic mass is 79.9. The molecule has 1 heterocycles. The van der Waals surface area contributed by atoms with Crippen LogP contribution in [-0.4, -0.2) is 10.4 Å². The molecule has 4 rings (SSSR count). The van der Waals surface area contributed by atoms with Crippen LogP contribution in [0.4, 0.5) is 0 Å². The fourth-order valence-corrected chi connectivity index (χ4v) is 4.21. The minimum absolute atomic E-state index is 0.137. The molecule has 0 N–H and O–H groups in total. The molecule has 1 aromatic heterocycles. The predicted molar refractivity (Wildman–Crippen MR) is 92.6 cm³/mol. The second-order valence-corrected chi connectivity index (χ2v) is 7.36. The van der Waals surface area contributed by atoms with Crippen LogP contribution in [-0.2, 0) is 12.5 Å². The summed E-state index contributed by atoms with van der Waals surface area (Å²) in [7, 11) is 2.05. The zero-order valence-corrected chi connectivity index (χ0v) is 14.4. The quantitative estimate of drug-likeness (QED) is 0.568.